The minimum atomic E-state index is -0.0323. The molecule has 2 saturated heterocycles. The van der Waals surface area contributed by atoms with Gasteiger partial charge in [0.25, 0.3) is 0 Å². The number of hydrogen-bond donors (Lipinski definition) is 1. The van der Waals surface area contributed by atoms with Gasteiger partial charge in [-0.05, 0) is 32.6 Å². The second-order valence-electron chi connectivity index (χ2n) is 5.17. The third-order valence-corrected chi connectivity index (χ3v) is 3.71. The first-order valence-corrected chi connectivity index (χ1v) is 6.90. The molecule has 1 amide bonds. The van der Waals surface area contributed by atoms with Crippen molar-refractivity contribution >= 4 is 5.91 Å². The van der Waals surface area contributed by atoms with Crippen molar-refractivity contribution < 1.29 is 9.53 Å². The lowest BCUT2D eigenvalue weighted by Crippen LogP contribution is -2.43. The van der Waals surface area contributed by atoms with Crippen molar-refractivity contribution in [3.05, 3.63) is 0 Å². The van der Waals surface area contributed by atoms with Crippen LogP contribution >= 0.6 is 0 Å². The maximum absolute atomic E-state index is 12.1. The van der Waals surface area contributed by atoms with Crippen LogP contribution in [0.3, 0.4) is 0 Å². The number of hydrogen-bond acceptors (Lipinski definition) is 3. The molecule has 0 aliphatic carbocycles. The molecule has 0 bridgehead atoms. The SMILES string of the molecule is CCCC1NC(C)C(=O)N1CC1CCCCO1. The van der Waals surface area contributed by atoms with Gasteiger partial charge in [-0.2, -0.15) is 0 Å². The number of amides is 1. The monoisotopic (exact) mass is 240 g/mol. The first-order valence-electron chi connectivity index (χ1n) is 6.90. The summed E-state index contributed by atoms with van der Waals surface area (Å²) < 4.78 is 5.73. The van der Waals surface area contributed by atoms with Crippen LogP contribution in [-0.4, -0.2) is 42.3 Å². The molecule has 0 saturated carbocycles. The van der Waals surface area contributed by atoms with Gasteiger partial charge >= 0.3 is 0 Å². The van der Waals surface area contributed by atoms with Crippen molar-refractivity contribution in [1.29, 1.82) is 0 Å². The predicted octanol–water partition coefficient (Wildman–Crippen LogP) is 1.50. The number of nitrogens with one attached hydrogen (secondary N) is 1. The highest BCUT2D eigenvalue weighted by Crippen LogP contribution is 2.20. The highest BCUT2D eigenvalue weighted by atomic mass is 16.5. The number of ether oxygens (including phenoxy) is 1. The van der Waals surface area contributed by atoms with Gasteiger partial charge in [0.15, 0.2) is 0 Å². The zero-order valence-corrected chi connectivity index (χ0v) is 10.9. The average molecular weight is 240 g/mol. The molecule has 2 rings (SSSR count). The Morgan fingerprint density at radius 2 is 2.29 bits per heavy atom. The molecule has 4 heteroatoms. The van der Waals surface area contributed by atoms with Crippen LogP contribution in [0.5, 0.6) is 0 Å². The summed E-state index contributed by atoms with van der Waals surface area (Å²) in [6, 6.07) is -0.0323. The van der Waals surface area contributed by atoms with Gasteiger partial charge in [-0.25, -0.2) is 0 Å². The van der Waals surface area contributed by atoms with Crippen LogP contribution in [0.4, 0.5) is 0 Å². The van der Waals surface area contributed by atoms with E-state index in [1.807, 2.05) is 11.8 Å². The van der Waals surface area contributed by atoms with E-state index in [-0.39, 0.29) is 24.2 Å². The summed E-state index contributed by atoms with van der Waals surface area (Å²) in [7, 11) is 0. The van der Waals surface area contributed by atoms with E-state index >= 15 is 0 Å². The molecular weight excluding hydrogens is 216 g/mol. The van der Waals surface area contributed by atoms with Crippen LogP contribution in [0.1, 0.15) is 46.0 Å². The predicted molar refractivity (Wildman–Crippen MR) is 66.6 cm³/mol. The van der Waals surface area contributed by atoms with E-state index in [2.05, 4.69) is 12.2 Å². The lowest BCUT2D eigenvalue weighted by Gasteiger charge is -2.30. The minimum absolute atomic E-state index is 0.0323. The Balaban J connectivity index is 1.93. The van der Waals surface area contributed by atoms with Crippen LogP contribution in [0.15, 0.2) is 0 Å². The second kappa shape index (κ2) is 5.83. The lowest BCUT2D eigenvalue weighted by molar-refractivity contribution is -0.132. The first kappa shape index (κ1) is 12.8. The Morgan fingerprint density at radius 1 is 1.47 bits per heavy atom. The molecule has 2 aliphatic heterocycles. The largest absolute Gasteiger partial charge is 0.376 e. The summed E-state index contributed by atoms with van der Waals surface area (Å²) >= 11 is 0. The molecule has 4 nitrogen and oxygen atoms in total. The Labute approximate surface area is 104 Å². The van der Waals surface area contributed by atoms with Crippen molar-refractivity contribution in [3.63, 3.8) is 0 Å². The van der Waals surface area contributed by atoms with Gasteiger partial charge in [-0.3, -0.25) is 10.1 Å². The van der Waals surface area contributed by atoms with Gasteiger partial charge in [-0.1, -0.05) is 13.3 Å². The Hall–Kier alpha value is -0.610. The lowest BCUT2D eigenvalue weighted by atomic mass is 10.1. The summed E-state index contributed by atoms with van der Waals surface area (Å²) in [5.74, 6) is 0.234. The number of nitrogens with zero attached hydrogens (tertiary/aromatic N) is 1. The molecule has 2 heterocycles. The maximum Gasteiger partial charge on any atom is 0.240 e. The van der Waals surface area contributed by atoms with Crippen molar-refractivity contribution in [1.82, 2.24) is 10.2 Å². The topological polar surface area (TPSA) is 41.6 Å². The minimum Gasteiger partial charge on any atom is -0.376 e. The molecule has 2 fully saturated rings. The molecule has 0 spiro atoms. The standard InChI is InChI=1S/C13H24N2O2/c1-3-6-12-14-10(2)13(16)15(12)9-11-7-4-5-8-17-11/h10-12,14H,3-9H2,1-2H3. The highest BCUT2D eigenvalue weighted by Gasteiger charge is 2.36. The Morgan fingerprint density at radius 3 is 2.94 bits per heavy atom. The van der Waals surface area contributed by atoms with Crippen LogP contribution in [0.2, 0.25) is 0 Å². The van der Waals surface area contributed by atoms with E-state index in [9.17, 15) is 4.79 Å². The van der Waals surface area contributed by atoms with Crippen LogP contribution < -0.4 is 5.32 Å². The van der Waals surface area contributed by atoms with E-state index in [4.69, 9.17) is 4.74 Å². The van der Waals surface area contributed by atoms with Gasteiger partial charge in [0, 0.05) is 13.2 Å². The van der Waals surface area contributed by atoms with Crippen molar-refractivity contribution in [2.24, 2.45) is 0 Å². The Kier molecular flexibility index (Phi) is 4.40. The molecule has 0 aromatic heterocycles. The van der Waals surface area contributed by atoms with Crippen molar-refractivity contribution in [2.45, 2.75) is 64.3 Å². The summed E-state index contributed by atoms with van der Waals surface area (Å²) in [6.07, 6.45) is 6.08. The zero-order chi connectivity index (χ0) is 12.3. The molecule has 0 radical (unpaired) electrons. The number of carbonyl (C=O) groups is 1. The molecule has 0 aromatic carbocycles. The third kappa shape index (κ3) is 2.99. The van der Waals surface area contributed by atoms with Gasteiger partial charge in [0.05, 0.1) is 18.3 Å². The second-order valence-corrected chi connectivity index (χ2v) is 5.17. The fraction of sp³-hybridized carbons (Fsp3) is 0.923. The average Bonchev–Trinajstić information content (AvgIpc) is 2.59. The summed E-state index contributed by atoms with van der Waals surface area (Å²) in [5.41, 5.74) is 0. The van der Waals surface area contributed by atoms with E-state index in [1.165, 1.54) is 6.42 Å². The highest BCUT2D eigenvalue weighted by molar-refractivity contribution is 5.83. The quantitative estimate of drug-likeness (QED) is 0.809. The first-order chi connectivity index (χ1) is 8.22. The molecule has 17 heavy (non-hydrogen) atoms. The van der Waals surface area contributed by atoms with Crippen molar-refractivity contribution in [2.75, 3.05) is 13.2 Å². The summed E-state index contributed by atoms with van der Waals surface area (Å²) in [5, 5.41) is 3.37. The van der Waals surface area contributed by atoms with E-state index in [0.717, 1.165) is 38.8 Å². The summed E-state index contributed by atoms with van der Waals surface area (Å²) in [4.78, 5) is 14.1. The fourth-order valence-electron chi connectivity index (χ4n) is 2.75. The maximum atomic E-state index is 12.1. The third-order valence-electron chi connectivity index (χ3n) is 3.71. The molecule has 3 atom stereocenters. The van der Waals surface area contributed by atoms with E-state index in [1.54, 1.807) is 0 Å². The number of rotatable bonds is 4. The molecule has 2 aliphatic rings. The molecule has 0 aromatic rings. The molecular formula is C13H24N2O2. The molecule has 1 N–H and O–H groups in total. The smallest absolute Gasteiger partial charge is 0.240 e. The Bertz CT molecular complexity index is 264. The van der Waals surface area contributed by atoms with E-state index in [0.29, 0.717) is 0 Å². The van der Waals surface area contributed by atoms with E-state index < -0.39 is 0 Å². The van der Waals surface area contributed by atoms with Gasteiger partial charge in [0.2, 0.25) is 5.91 Å². The van der Waals surface area contributed by atoms with Gasteiger partial charge in [0.1, 0.15) is 0 Å². The van der Waals surface area contributed by atoms with Crippen LogP contribution in [0, 0.1) is 0 Å². The zero-order valence-electron chi connectivity index (χ0n) is 10.9. The fourth-order valence-corrected chi connectivity index (χ4v) is 2.75. The van der Waals surface area contributed by atoms with Crippen LogP contribution in [0.25, 0.3) is 0 Å². The molecule has 3 unspecified atom stereocenters. The van der Waals surface area contributed by atoms with Crippen LogP contribution in [-0.2, 0) is 9.53 Å². The summed E-state index contributed by atoms with van der Waals surface area (Å²) in [6.45, 7) is 5.73. The number of carbonyl (C=O) groups excluding carboxylic acids is 1. The van der Waals surface area contributed by atoms with Gasteiger partial charge < -0.3 is 9.64 Å². The normalized spacial score (nSPS) is 34.4. The molecule has 98 valence electrons. The van der Waals surface area contributed by atoms with Gasteiger partial charge in [-0.15, -0.1) is 0 Å². The van der Waals surface area contributed by atoms with Crippen molar-refractivity contribution in [3.8, 4) is 0 Å².